The molecule has 1 aromatic heterocycles. The maximum absolute atomic E-state index is 10.9. The van der Waals surface area contributed by atoms with E-state index in [0.717, 1.165) is 25.9 Å². The van der Waals surface area contributed by atoms with Crippen LogP contribution in [0.15, 0.2) is 12.4 Å². The van der Waals surface area contributed by atoms with Crippen molar-refractivity contribution in [3.8, 4) is 0 Å². The average Bonchev–Trinajstić information content (AvgIpc) is 2.76. The van der Waals surface area contributed by atoms with E-state index in [-0.39, 0.29) is 11.4 Å². The van der Waals surface area contributed by atoms with Crippen molar-refractivity contribution in [2.45, 2.75) is 59.0 Å². The molecule has 2 heterocycles. The minimum Gasteiger partial charge on any atom is -0.343 e. The van der Waals surface area contributed by atoms with Gasteiger partial charge in [-0.05, 0) is 46.1 Å². The van der Waals surface area contributed by atoms with Crippen LogP contribution in [0.4, 0.5) is 0 Å². The zero-order valence-electron chi connectivity index (χ0n) is 13.4. The number of piperidine rings is 1. The highest BCUT2D eigenvalue weighted by Gasteiger charge is 2.26. The molecular weight excluding hydrogens is 252 g/mol. The van der Waals surface area contributed by atoms with Crippen LogP contribution in [0.1, 0.15) is 52.1 Å². The largest absolute Gasteiger partial charge is 0.343 e. The van der Waals surface area contributed by atoms with Gasteiger partial charge in [0.1, 0.15) is 0 Å². The van der Waals surface area contributed by atoms with Crippen LogP contribution in [-0.4, -0.2) is 39.2 Å². The minimum atomic E-state index is -0.0497. The van der Waals surface area contributed by atoms with Gasteiger partial charge in [-0.1, -0.05) is 0 Å². The SMILES string of the molecule is CC(=O)N1CCC(C)(N)CC1.Cc1cnn(C(C)C)c1. The molecule has 0 radical (unpaired) electrons. The molecule has 1 saturated heterocycles. The molecule has 1 fully saturated rings. The fourth-order valence-electron chi connectivity index (χ4n) is 2.05. The predicted octanol–water partition coefficient (Wildman–Crippen LogP) is 2.12. The molecule has 2 rings (SSSR count). The molecule has 0 aliphatic carbocycles. The van der Waals surface area contributed by atoms with E-state index >= 15 is 0 Å². The molecule has 0 saturated carbocycles. The third kappa shape index (κ3) is 5.33. The Morgan fingerprint density at radius 3 is 2.25 bits per heavy atom. The van der Waals surface area contributed by atoms with E-state index < -0.39 is 0 Å². The lowest BCUT2D eigenvalue weighted by atomic mass is 9.91. The van der Waals surface area contributed by atoms with Crippen LogP contribution in [0, 0.1) is 6.92 Å². The Bertz CT molecular complexity index is 427. The van der Waals surface area contributed by atoms with Crippen molar-refractivity contribution in [3.05, 3.63) is 18.0 Å². The van der Waals surface area contributed by atoms with E-state index in [1.165, 1.54) is 5.56 Å². The summed E-state index contributed by atoms with van der Waals surface area (Å²) in [6.07, 6.45) is 5.77. The van der Waals surface area contributed by atoms with E-state index in [9.17, 15) is 4.79 Å². The third-order valence-corrected chi connectivity index (χ3v) is 3.61. The maximum atomic E-state index is 10.9. The smallest absolute Gasteiger partial charge is 0.219 e. The standard InChI is InChI=1S/C8H16N2O.C7H12N2/c1-7(11)10-5-3-8(2,9)4-6-10;1-6(2)9-5-7(3)4-8-9/h3-6,9H2,1-2H3;4-6H,1-3H3. The van der Waals surface area contributed by atoms with E-state index in [4.69, 9.17) is 5.73 Å². The maximum Gasteiger partial charge on any atom is 0.219 e. The van der Waals surface area contributed by atoms with Crippen molar-refractivity contribution >= 4 is 5.91 Å². The quantitative estimate of drug-likeness (QED) is 0.857. The average molecular weight is 280 g/mol. The first-order chi connectivity index (χ1) is 9.21. The van der Waals surface area contributed by atoms with Gasteiger partial charge in [0.05, 0.1) is 6.20 Å². The van der Waals surface area contributed by atoms with Gasteiger partial charge in [0.15, 0.2) is 0 Å². The van der Waals surface area contributed by atoms with Gasteiger partial charge < -0.3 is 10.6 Å². The third-order valence-electron chi connectivity index (χ3n) is 3.61. The normalized spacial score (nSPS) is 17.6. The van der Waals surface area contributed by atoms with Crippen LogP contribution >= 0.6 is 0 Å². The molecule has 114 valence electrons. The number of amides is 1. The number of nitrogens with two attached hydrogens (primary N) is 1. The Kier molecular flexibility index (Phi) is 5.74. The zero-order chi connectivity index (χ0) is 15.3. The van der Waals surface area contributed by atoms with E-state index in [0.29, 0.717) is 6.04 Å². The van der Waals surface area contributed by atoms with Crippen molar-refractivity contribution in [2.75, 3.05) is 13.1 Å². The van der Waals surface area contributed by atoms with Gasteiger partial charge in [0.2, 0.25) is 5.91 Å². The van der Waals surface area contributed by atoms with E-state index in [1.807, 2.05) is 35.8 Å². The molecule has 0 unspecified atom stereocenters. The molecule has 1 aliphatic rings. The van der Waals surface area contributed by atoms with Crippen LogP contribution < -0.4 is 5.73 Å². The molecule has 5 heteroatoms. The number of nitrogens with zero attached hydrogens (tertiary/aromatic N) is 3. The number of rotatable bonds is 1. The molecule has 0 aromatic carbocycles. The molecule has 20 heavy (non-hydrogen) atoms. The Morgan fingerprint density at radius 2 is 1.95 bits per heavy atom. The number of carbonyl (C=O) groups excluding carboxylic acids is 1. The van der Waals surface area contributed by atoms with Crippen molar-refractivity contribution in [1.29, 1.82) is 0 Å². The summed E-state index contributed by atoms with van der Waals surface area (Å²) in [5, 5.41) is 4.13. The van der Waals surface area contributed by atoms with Crippen LogP contribution in [-0.2, 0) is 4.79 Å². The van der Waals surface area contributed by atoms with Crippen molar-refractivity contribution < 1.29 is 4.79 Å². The molecule has 0 bridgehead atoms. The van der Waals surface area contributed by atoms with Gasteiger partial charge in [-0.3, -0.25) is 9.48 Å². The molecule has 1 aromatic rings. The second kappa shape index (κ2) is 6.88. The number of carbonyl (C=O) groups is 1. The first-order valence-corrected chi connectivity index (χ1v) is 7.26. The van der Waals surface area contributed by atoms with Crippen LogP contribution in [0.25, 0.3) is 0 Å². The van der Waals surface area contributed by atoms with Crippen molar-refractivity contribution in [3.63, 3.8) is 0 Å². The summed E-state index contributed by atoms with van der Waals surface area (Å²) in [5.41, 5.74) is 7.08. The fourth-order valence-corrected chi connectivity index (χ4v) is 2.05. The predicted molar refractivity (Wildman–Crippen MR) is 81.4 cm³/mol. The molecule has 1 aliphatic heterocycles. The van der Waals surface area contributed by atoms with Crippen molar-refractivity contribution in [2.24, 2.45) is 5.73 Å². The molecule has 0 atom stereocenters. The number of aromatic nitrogens is 2. The summed E-state index contributed by atoms with van der Waals surface area (Å²) in [4.78, 5) is 12.8. The minimum absolute atomic E-state index is 0.0497. The first kappa shape index (κ1) is 16.7. The lowest BCUT2D eigenvalue weighted by Crippen LogP contribution is -2.49. The monoisotopic (exact) mass is 280 g/mol. The Morgan fingerprint density at radius 1 is 1.40 bits per heavy atom. The molecule has 2 N–H and O–H groups in total. The summed E-state index contributed by atoms with van der Waals surface area (Å²) in [6.45, 7) is 11.6. The molecule has 1 amide bonds. The van der Waals surface area contributed by atoms with Gasteiger partial charge in [0.25, 0.3) is 0 Å². The summed E-state index contributed by atoms with van der Waals surface area (Å²) in [6, 6.07) is 0.485. The second-order valence-corrected chi connectivity index (χ2v) is 6.25. The van der Waals surface area contributed by atoms with E-state index in [2.05, 4.69) is 18.9 Å². The highest BCUT2D eigenvalue weighted by Crippen LogP contribution is 2.18. The summed E-state index contributed by atoms with van der Waals surface area (Å²) in [5.74, 6) is 0.167. The topological polar surface area (TPSA) is 64.2 Å². The highest BCUT2D eigenvalue weighted by atomic mass is 16.2. The van der Waals surface area contributed by atoms with Gasteiger partial charge in [-0.15, -0.1) is 0 Å². The Hall–Kier alpha value is -1.36. The van der Waals surface area contributed by atoms with Gasteiger partial charge in [-0.2, -0.15) is 5.10 Å². The van der Waals surface area contributed by atoms with Gasteiger partial charge in [-0.25, -0.2) is 0 Å². The summed E-state index contributed by atoms with van der Waals surface area (Å²) in [7, 11) is 0. The number of hydrogen-bond acceptors (Lipinski definition) is 3. The number of likely N-dealkylation sites (tertiary alicyclic amines) is 1. The molecular formula is C15H28N4O. The van der Waals surface area contributed by atoms with Crippen molar-refractivity contribution in [1.82, 2.24) is 14.7 Å². The molecule has 5 nitrogen and oxygen atoms in total. The second-order valence-electron chi connectivity index (χ2n) is 6.25. The highest BCUT2D eigenvalue weighted by molar-refractivity contribution is 5.73. The van der Waals surface area contributed by atoms with E-state index in [1.54, 1.807) is 6.92 Å². The fraction of sp³-hybridized carbons (Fsp3) is 0.733. The summed E-state index contributed by atoms with van der Waals surface area (Å²) < 4.78 is 1.95. The first-order valence-electron chi connectivity index (χ1n) is 7.26. The van der Waals surface area contributed by atoms with Gasteiger partial charge in [0, 0.05) is 37.8 Å². The lowest BCUT2D eigenvalue weighted by Gasteiger charge is -2.36. The van der Waals surface area contributed by atoms with Gasteiger partial charge >= 0.3 is 0 Å². The zero-order valence-corrected chi connectivity index (χ0v) is 13.4. The lowest BCUT2D eigenvalue weighted by molar-refractivity contribution is -0.130. The summed E-state index contributed by atoms with van der Waals surface area (Å²) >= 11 is 0. The number of aryl methyl sites for hydroxylation is 1. The Balaban J connectivity index is 0.000000204. The Labute approximate surface area is 122 Å². The van der Waals surface area contributed by atoms with Crippen LogP contribution in [0.5, 0.6) is 0 Å². The molecule has 0 spiro atoms. The van der Waals surface area contributed by atoms with Crippen LogP contribution in [0.2, 0.25) is 0 Å². The van der Waals surface area contributed by atoms with Crippen LogP contribution in [0.3, 0.4) is 0 Å². The number of hydrogen-bond donors (Lipinski definition) is 1.